The van der Waals surface area contributed by atoms with E-state index in [4.69, 9.17) is 5.11 Å². The monoisotopic (exact) mass is 275 g/mol. The Morgan fingerprint density at radius 2 is 2.05 bits per heavy atom. The first-order valence-electron chi connectivity index (χ1n) is 6.36. The zero-order chi connectivity index (χ0) is 15.1. The van der Waals surface area contributed by atoms with Gasteiger partial charge < -0.3 is 5.11 Å². The Labute approximate surface area is 117 Å². The van der Waals surface area contributed by atoms with Crippen molar-refractivity contribution in [1.29, 1.82) is 0 Å². The molecule has 6 heteroatoms. The van der Waals surface area contributed by atoms with Gasteiger partial charge in [-0.15, -0.1) is 0 Å². The first-order chi connectivity index (χ1) is 9.27. The summed E-state index contributed by atoms with van der Waals surface area (Å²) in [4.78, 5) is 33.3. The van der Waals surface area contributed by atoms with E-state index in [1.807, 2.05) is 13.8 Å². The topological polar surface area (TPSA) is 82.9 Å². The third-order valence-electron chi connectivity index (χ3n) is 3.72. The highest BCUT2D eigenvalue weighted by atomic mass is 16.4. The van der Waals surface area contributed by atoms with Crippen molar-refractivity contribution < 1.29 is 14.7 Å². The van der Waals surface area contributed by atoms with Gasteiger partial charge in [-0.2, -0.15) is 0 Å². The van der Waals surface area contributed by atoms with Gasteiger partial charge in [0.05, 0.1) is 0 Å². The van der Waals surface area contributed by atoms with Crippen molar-refractivity contribution in [1.82, 2.24) is 9.88 Å². The fourth-order valence-electron chi connectivity index (χ4n) is 2.06. The van der Waals surface area contributed by atoms with Gasteiger partial charge in [-0.25, -0.2) is 14.8 Å². The number of hydrogen-bond donors (Lipinski definition) is 1. The first kappa shape index (κ1) is 14.2. The Kier molecular flexibility index (Phi) is 3.33. The molecule has 1 N–H and O–H groups in total. The third-order valence-corrected chi connectivity index (χ3v) is 3.72. The molecule has 0 spiro atoms. The molecule has 0 radical (unpaired) electrons. The fraction of sp³-hybridized carbons (Fsp3) is 0.429. The first-order valence-corrected chi connectivity index (χ1v) is 6.36. The van der Waals surface area contributed by atoms with Gasteiger partial charge in [-0.3, -0.25) is 9.69 Å². The number of aromatic carboxylic acids is 1. The average molecular weight is 275 g/mol. The number of carbonyl (C=O) groups excluding carboxylic acids is 1. The highest BCUT2D eigenvalue weighted by Crippen LogP contribution is 2.30. The van der Waals surface area contributed by atoms with Crippen LogP contribution in [0.5, 0.6) is 0 Å². The van der Waals surface area contributed by atoms with Crippen molar-refractivity contribution >= 4 is 17.7 Å². The standard InChI is InChI=1S/C14H17N3O3/c1-8(2)14(3)13(20)17(4)11(16-14)9-6-5-7-10(15-9)12(18)19/h5-8H,1-4H3,(H,18,19)/t14-/m1/s1. The second-order valence-electron chi connectivity index (χ2n) is 5.32. The number of aliphatic imine (C=N–C) groups is 1. The van der Waals surface area contributed by atoms with Gasteiger partial charge in [0.2, 0.25) is 0 Å². The molecule has 0 aliphatic carbocycles. The van der Waals surface area contributed by atoms with E-state index in [1.54, 1.807) is 26.1 Å². The van der Waals surface area contributed by atoms with Crippen LogP contribution in [0.4, 0.5) is 0 Å². The van der Waals surface area contributed by atoms with Crippen molar-refractivity contribution in [2.75, 3.05) is 7.05 Å². The maximum absolute atomic E-state index is 12.3. The number of amidine groups is 1. The molecule has 1 atom stereocenters. The number of pyridine rings is 1. The smallest absolute Gasteiger partial charge is 0.354 e. The van der Waals surface area contributed by atoms with E-state index in [0.717, 1.165) is 0 Å². The van der Waals surface area contributed by atoms with Crippen LogP contribution in [0.3, 0.4) is 0 Å². The lowest BCUT2D eigenvalue weighted by molar-refractivity contribution is -0.131. The number of carboxylic acid groups (broad SMARTS) is 1. The minimum absolute atomic E-state index is 0.0395. The van der Waals surface area contributed by atoms with E-state index < -0.39 is 11.5 Å². The minimum Gasteiger partial charge on any atom is -0.477 e. The molecule has 106 valence electrons. The number of nitrogens with zero attached hydrogens (tertiary/aromatic N) is 3. The molecule has 0 unspecified atom stereocenters. The fourth-order valence-corrected chi connectivity index (χ4v) is 2.06. The van der Waals surface area contributed by atoms with E-state index in [9.17, 15) is 9.59 Å². The number of carboxylic acids is 1. The lowest BCUT2D eigenvalue weighted by atomic mass is 9.89. The maximum atomic E-state index is 12.3. The number of likely N-dealkylation sites (N-methyl/N-ethyl adjacent to an activating group) is 1. The highest BCUT2D eigenvalue weighted by Gasteiger charge is 2.45. The van der Waals surface area contributed by atoms with Crippen molar-refractivity contribution in [2.24, 2.45) is 10.9 Å². The summed E-state index contributed by atoms with van der Waals surface area (Å²) in [6.45, 7) is 5.64. The molecule has 0 bridgehead atoms. The van der Waals surface area contributed by atoms with Crippen molar-refractivity contribution in [3.63, 3.8) is 0 Å². The van der Waals surface area contributed by atoms with Crippen LogP contribution in [0.25, 0.3) is 0 Å². The Morgan fingerprint density at radius 1 is 1.40 bits per heavy atom. The molecule has 1 aromatic rings. The van der Waals surface area contributed by atoms with Crippen LogP contribution >= 0.6 is 0 Å². The van der Waals surface area contributed by atoms with Crippen LogP contribution in [-0.2, 0) is 4.79 Å². The molecular weight excluding hydrogens is 258 g/mol. The van der Waals surface area contributed by atoms with Crippen molar-refractivity contribution in [2.45, 2.75) is 26.3 Å². The largest absolute Gasteiger partial charge is 0.477 e. The van der Waals surface area contributed by atoms with Crippen molar-refractivity contribution in [3.8, 4) is 0 Å². The SMILES string of the molecule is CC(C)[C@@]1(C)N=C(c2cccc(C(=O)O)n2)N(C)C1=O. The van der Waals surface area contributed by atoms with Gasteiger partial charge in [-0.05, 0) is 25.0 Å². The van der Waals surface area contributed by atoms with E-state index in [1.165, 1.54) is 11.0 Å². The van der Waals surface area contributed by atoms with E-state index in [0.29, 0.717) is 11.5 Å². The van der Waals surface area contributed by atoms with Crippen LogP contribution in [-0.4, -0.2) is 45.3 Å². The van der Waals surface area contributed by atoms with Crippen molar-refractivity contribution in [3.05, 3.63) is 29.6 Å². The highest BCUT2D eigenvalue weighted by molar-refractivity contribution is 6.14. The summed E-state index contributed by atoms with van der Waals surface area (Å²) < 4.78 is 0. The summed E-state index contributed by atoms with van der Waals surface area (Å²) in [5.74, 6) is -0.761. The predicted molar refractivity (Wildman–Crippen MR) is 73.7 cm³/mol. The predicted octanol–water partition coefficient (Wildman–Crippen LogP) is 1.41. The summed E-state index contributed by atoms with van der Waals surface area (Å²) in [7, 11) is 1.63. The zero-order valence-corrected chi connectivity index (χ0v) is 11.9. The second-order valence-corrected chi connectivity index (χ2v) is 5.32. The van der Waals surface area contributed by atoms with Gasteiger partial charge in [-0.1, -0.05) is 19.9 Å². The Balaban J connectivity index is 2.50. The molecule has 1 aromatic heterocycles. The number of carbonyl (C=O) groups is 2. The molecule has 0 saturated carbocycles. The summed E-state index contributed by atoms with van der Waals surface area (Å²) in [5.41, 5.74) is -0.500. The van der Waals surface area contributed by atoms with Crippen LogP contribution in [0.15, 0.2) is 23.2 Å². The third kappa shape index (κ3) is 2.07. The molecule has 1 aliphatic rings. The summed E-state index contributed by atoms with van der Waals surface area (Å²) in [6.07, 6.45) is 0. The quantitative estimate of drug-likeness (QED) is 0.904. The molecule has 2 rings (SSSR count). The molecule has 0 saturated heterocycles. The minimum atomic E-state index is -1.11. The normalized spacial score (nSPS) is 22.4. The maximum Gasteiger partial charge on any atom is 0.354 e. The average Bonchev–Trinajstić information content (AvgIpc) is 2.65. The summed E-state index contributed by atoms with van der Waals surface area (Å²) in [5, 5.41) is 8.98. The van der Waals surface area contributed by atoms with E-state index >= 15 is 0 Å². The van der Waals surface area contributed by atoms with E-state index in [-0.39, 0.29) is 17.5 Å². The molecule has 20 heavy (non-hydrogen) atoms. The van der Waals surface area contributed by atoms with Crippen LogP contribution < -0.4 is 0 Å². The van der Waals surface area contributed by atoms with Crippen LogP contribution in [0.2, 0.25) is 0 Å². The van der Waals surface area contributed by atoms with Gasteiger partial charge in [0.1, 0.15) is 16.9 Å². The van der Waals surface area contributed by atoms with Gasteiger partial charge in [0, 0.05) is 7.05 Å². The molecule has 0 aromatic carbocycles. The number of aromatic nitrogens is 1. The van der Waals surface area contributed by atoms with Crippen LogP contribution in [0, 0.1) is 5.92 Å². The van der Waals surface area contributed by atoms with Gasteiger partial charge >= 0.3 is 5.97 Å². The Bertz CT molecular complexity index is 609. The molecular formula is C14H17N3O3. The molecule has 2 heterocycles. The van der Waals surface area contributed by atoms with Crippen LogP contribution in [0.1, 0.15) is 37.0 Å². The summed E-state index contributed by atoms with van der Waals surface area (Å²) >= 11 is 0. The lowest BCUT2D eigenvalue weighted by Crippen LogP contribution is -2.42. The van der Waals surface area contributed by atoms with Gasteiger partial charge in [0.15, 0.2) is 5.84 Å². The number of hydrogen-bond acceptors (Lipinski definition) is 4. The molecule has 6 nitrogen and oxygen atoms in total. The van der Waals surface area contributed by atoms with E-state index in [2.05, 4.69) is 9.98 Å². The molecule has 0 fully saturated rings. The Morgan fingerprint density at radius 3 is 2.55 bits per heavy atom. The lowest BCUT2D eigenvalue weighted by Gasteiger charge is -2.23. The second kappa shape index (κ2) is 4.70. The number of rotatable bonds is 3. The van der Waals surface area contributed by atoms with Gasteiger partial charge in [0.25, 0.3) is 5.91 Å². The molecule has 1 amide bonds. The zero-order valence-electron chi connectivity index (χ0n) is 11.9. The molecule has 1 aliphatic heterocycles. The Hall–Kier alpha value is -2.24. The summed E-state index contributed by atoms with van der Waals surface area (Å²) in [6, 6.07) is 4.66. The number of amides is 1.